The molecule has 7 heteroatoms. The number of benzene rings is 1. The fourth-order valence-corrected chi connectivity index (χ4v) is 2.46. The zero-order chi connectivity index (χ0) is 14.9. The summed E-state index contributed by atoms with van der Waals surface area (Å²) >= 11 is 5.87. The van der Waals surface area contributed by atoms with E-state index in [0.717, 1.165) is 13.0 Å². The van der Waals surface area contributed by atoms with Gasteiger partial charge in [0, 0.05) is 18.3 Å². The van der Waals surface area contributed by atoms with E-state index in [0.29, 0.717) is 17.8 Å². The summed E-state index contributed by atoms with van der Waals surface area (Å²) in [7, 11) is 0. The molecule has 0 saturated carbocycles. The van der Waals surface area contributed by atoms with Gasteiger partial charge < -0.3 is 10.6 Å². The Kier molecular flexibility index (Phi) is 3.96. The lowest BCUT2D eigenvalue weighted by molar-refractivity contribution is -0.384. The maximum Gasteiger partial charge on any atom is 0.288 e. The Morgan fingerprint density at radius 1 is 1.55 bits per heavy atom. The molecule has 20 heavy (non-hydrogen) atoms. The third-order valence-electron chi connectivity index (χ3n) is 3.66. The van der Waals surface area contributed by atoms with E-state index in [2.05, 4.69) is 10.6 Å². The lowest BCUT2D eigenvalue weighted by atomic mass is 9.88. The molecule has 1 atom stereocenters. The number of halogens is 1. The van der Waals surface area contributed by atoms with E-state index in [-0.39, 0.29) is 16.6 Å². The van der Waals surface area contributed by atoms with Crippen LogP contribution < -0.4 is 10.6 Å². The van der Waals surface area contributed by atoms with Crippen molar-refractivity contribution in [3.8, 4) is 0 Å². The second-order valence-electron chi connectivity index (χ2n) is 5.32. The number of amides is 1. The molecule has 0 aliphatic carbocycles. The number of rotatable bonds is 3. The quantitative estimate of drug-likeness (QED) is 0.663. The minimum Gasteiger partial charge on any atom is -0.325 e. The van der Waals surface area contributed by atoms with Crippen molar-refractivity contribution in [2.24, 2.45) is 5.41 Å². The van der Waals surface area contributed by atoms with Crippen LogP contribution in [0.2, 0.25) is 5.02 Å². The van der Waals surface area contributed by atoms with Crippen molar-refractivity contribution in [3.63, 3.8) is 0 Å². The fraction of sp³-hybridized carbons (Fsp3) is 0.462. The smallest absolute Gasteiger partial charge is 0.288 e. The lowest BCUT2D eigenvalue weighted by Gasteiger charge is -2.22. The van der Waals surface area contributed by atoms with Gasteiger partial charge in [-0.1, -0.05) is 11.6 Å². The Bertz CT molecular complexity index is 568. The number of nitrogens with one attached hydrogen (secondary N) is 2. The van der Waals surface area contributed by atoms with Crippen LogP contribution in [0.15, 0.2) is 12.1 Å². The lowest BCUT2D eigenvalue weighted by Crippen LogP contribution is -2.35. The molecule has 0 aromatic heterocycles. The van der Waals surface area contributed by atoms with Crippen molar-refractivity contribution < 1.29 is 9.72 Å². The second-order valence-corrected chi connectivity index (χ2v) is 5.72. The molecule has 2 N–H and O–H groups in total. The van der Waals surface area contributed by atoms with Crippen LogP contribution in [-0.4, -0.2) is 23.9 Å². The molecule has 2 rings (SSSR count). The molecule has 1 fully saturated rings. The summed E-state index contributed by atoms with van der Waals surface area (Å²) < 4.78 is 0. The molecule has 6 nitrogen and oxygen atoms in total. The first-order valence-corrected chi connectivity index (χ1v) is 6.68. The van der Waals surface area contributed by atoms with E-state index < -0.39 is 10.3 Å². The van der Waals surface area contributed by atoms with Gasteiger partial charge in [0.2, 0.25) is 5.91 Å². The van der Waals surface area contributed by atoms with Gasteiger partial charge in [-0.2, -0.15) is 0 Å². The highest BCUT2D eigenvalue weighted by Gasteiger charge is 2.36. The Labute approximate surface area is 121 Å². The molecular weight excluding hydrogens is 282 g/mol. The van der Waals surface area contributed by atoms with Crippen LogP contribution in [0, 0.1) is 22.5 Å². The zero-order valence-electron chi connectivity index (χ0n) is 11.3. The first-order valence-electron chi connectivity index (χ1n) is 6.30. The topological polar surface area (TPSA) is 84.3 Å². The minimum atomic E-state index is -0.539. The molecule has 0 bridgehead atoms. The van der Waals surface area contributed by atoms with Crippen LogP contribution in [0.4, 0.5) is 11.4 Å². The van der Waals surface area contributed by atoms with Gasteiger partial charge in [0.05, 0.1) is 10.3 Å². The predicted molar refractivity (Wildman–Crippen MR) is 77.1 cm³/mol. The van der Waals surface area contributed by atoms with E-state index in [9.17, 15) is 14.9 Å². The van der Waals surface area contributed by atoms with E-state index in [1.165, 1.54) is 12.1 Å². The van der Waals surface area contributed by atoms with E-state index >= 15 is 0 Å². The third-order valence-corrected chi connectivity index (χ3v) is 3.96. The molecule has 1 aliphatic heterocycles. The molecule has 1 aromatic rings. The molecule has 1 heterocycles. The van der Waals surface area contributed by atoms with Crippen molar-refractivity contribution >= 4 is 28.9 Å². The molecule has 1 saturated heterocycles. The van der Waals surface area contributed by atoms with Crippen LogP contribution in [0.3, 0.4) is 0 Å². The molecule has 108 valence electrons. The monoisotopic (exact) mass is 297 g/mol. The average Bonchev–Trinajstić information content (AvgIpc) is 2.81. The summed E-state index contributed by atoms with van der Waals surface area (Å²) in [4.78, 5) is 22.5. The maximum atomic E-state index is 12.3. The molecule has 0 radical (unpaired) electrons. The second kappa shape index (κ2) is 5.38. The summed E-state index contributed by atoms with van der Waals surface area (Å²) in [5, 5.41) is 16.8. The van der Waals surface area contributed by atoms with Gasteiger partial charge in [-0.25, -0.2) is 0 Å². The zero-order valence-corrected chi connectivity index (χ0v) is 12.1. The van der Waals surface area contributed by atoms with Gasteiger partial charge >= 0.3 is 0 Å². The van der Waals surface area contributed by atoms with Crippen molar-refractivity contribution in [3.05, 3.63) is 32.8 Å². The van der Waals surface area contributed by atoms with Gasteiger partial charge in [-0.05, 0) is 38.4 Å². The van der Waals surface area contributed by atoms with Crippen LogP contribution in [0.5, 0.6) is 0 Å². The third kappa shape index (κ3) is 2.76. The van der Waals surface area contributed by atoms with Gasteiger partial charge in [0.1, 0.15) is 5.02 Å². The molecular formula is C13H16ClN3O3. The number of nitrogens with zero attached hydrogens (tertiary/aromatic N) is 1. The molecule has 1 aliphatic rings. The summed E-state index contributed by atoms with van der Waals surface area (Å²) in [6, 6.07) is 2.80. The van der Waals surface area contributed by atoms with Gasteiger partial charge in [0.25, 0.3) is 5.69 Å². The number of hydrogen-bond donors (Lipinski definition) is 2. The highest BCUT2D eigenvalue weighted by Crippen LogP contribution is 2.32. The number of nitro benzene ring substituents is 1. The van der Waals surface area contributed by atoms with Crippen molar-refractivity contribution in [1.29, 1.82) is 0 Å². The minimum absolute atomic E-state index is 0.0191. The first kappa shape index (κ1) is 14.7. The van der Waals surface area contributed by atoms with Crippen molar-refractivity contribution in [2.75, 3.05) is 18.4 Å². The Morgan fingerprint density at radius 3 is 2.80 bits per heavy atom. The predicted octanol–water partition coefficient (Wildman–Crippen LogP) is 2.49. The normalized spacial score (nSPS) is 21.8. The van der Waals surface area contributed by atoms with Crippen LogP contribution in [-0.2, 0) is 4.79 Å². The highest BCUT2D eigenvalue weighted by atomic mass is 35.5. The summed E-state index contributed by atoms with van der Waals surface area (Å²) in [6.45, 7) is 5.03. The summed E-state index contributed by atoms with van der Waals surface area (Å²) in [5.41, 5.74) is 0.513. The van der Waals surface area contributed by atoms with Gasteiger partial charge in [-0.15, -0.1) is 0 Å². The van der Waals surface area contributed by atoms with E-state index in [4.69, 9.17) is 11.6 Å². The number of carbonyl (C=O) groups is 1. The van der Waals surface area contributed by atoms with Crippen LogP contribution in [0.1, 0.15) is 18.9 Å². The largest absolute Gasteiger partial charge is 0.325 e. The molecule has 1 aromatic carbocycles. The highest BCUT2D eigenvalue weighted by molar-refractivity contribution is 6.33. The Morgan fingerprint density at radius 2 is 2.25 bits per heavy atom. The number of anilines is 1. The van der Waals surface area contributed by atoms with Crippen LogP contribution in [0.25, 0.3) is 0 Å². The molecule has 1 unspecified atom stereocenters. The number of nitro groups is 1. The van der Waals surface area contributed by atoms with Gasteiger partial charge in [-0.3, -0.25) is 14.9 Å². The standard InChI is InChI=1S/C13H16ClN3O3/c1-8-5-11(17(19)20)9(14)6-10(8)16-12(18)13(2)3-4-15-7-13/h5-6,15H,3-4,7H2,1-2H3,(H,16,18). The Balaban J connectivity index is 2.24. The van der Waals surface area contributed by atoms with Crippen molar-refractivity contribution in [2.45, 2.75) is 20.3 Å². The van der Waals surface area contributed by atoms with Crippen molar-refractivity contribution in [1.82, 2.24) is 5.32 Å². The number of aryl methyl sites for hydroxylation is 1. The van der Waals surface area contributed by atoms with Crippen LogP contribution >= 0.6 is 11.6 Å². The van der Waals surface area contributed by atoms with E-state index in [1.54, 1.807) is 6.92 Å². The number of carbonyl (C=O) groups excluding carboxylic acids is 1. The molecule has 0 spiro atoms. The Hall–Kier alpha value is -1.66. The average molecular weight is 298 g/mol. The maximum absolute atomic E-state index is 12.3. The fourth-order valence-electron chi connectivity index (χ4n) is 2.22. The summed E-state index contributed by atoms with van der Waals surface area (Å²) in [6.07, 6.45) is 0.762. The SMILES string of the molecule is Cc1cc([N+](=O)[O-])c(Cl)cc1NC(=O)C1(C)CCNC1. The van der Waals surface area contributed by atoms with Gasteiger partial charge in [0.15, 0.2) is 0 Å². The molecule has 1 amide bonds. The van der Waals surface area contributed by atoms with E-state index in [1.807, 2.05) is 6.92 Å². The first-order chi connectivity index (χ1) is 9.33. The summed E-state index contributed by atoms with van der Waals surface area (Å²) in [5.74, 6) is -0.101. The number of hydrogen-bond acceptors (Lipinski definition) is 4.